The smallest absolute Gasteiger partial charge is 0.330 e. The van der Waals surface area contributed by atoms with E-state index >= 15 is 0 Å². The predicted octanol–water partition coefficient (Wildman–Crippen LogP) is 1.41. The molecule has 1 aromatic carbocycles. The van der Waals surface area contributed by atoms with Crippen molar-refractivity contribution >= 4 is 5.97 Å². The van der Waals surface area contributed by atoms with Gasteiger partial charge in [-0.15, -0.1) is 0 Å². The fraction of sp³-hybridized carbons (Fsp3) is 0.462. The lowest BCUT2D eigenvalue weighted by Gasteiger charge is -2.28. The maximum Gasteiger partial charge on any atom is 0.330 e. The third kappa shape index (κ3) is 2.01. The number of rotatable bonds is 4. The number of fused-ring (bicyclic) bond motifs is 1. The van der Waals surface area contributed by atoms with Crippen LogP contribution in [-0.2, 0) is 15.1 Å². The van der Waals surface area contributed by atoms with E-state index in [0.29, 0.717) is 18.0 Å². The van der Waals surface area contributed by atoms with Gasteiger partial charge in [0.15, 0.2) is 11.5 Å². The summed E-state index contributed by atoms with van der Waals surface area (Å²) >= 11 is 0. The van der Waals surface area contributed by atoms with Crippen LogP contribution in [0.2, 0.25) is 0 Å². The Kier molecular flexibility index (Phi) is 3.43. The summed E-state index contributed by atoms with van der Waals surface area (Å²) in [6.07, 6.45) is 0. The van der Waals surface area contributed by atoms with E-state index < -0.39 is 5.54 Å². The minimum absolute atomic E-state index is 0.217. The molecule has 2 rings (SSSR count). The van der Waals surface area contributed by atoms with Gasteiger partial charge in [-0.3, -0.25) is 5.32 Å². The molecular weight excluding hydrogens is 234 g/mol. The SMILES string of the molecule is CCNC(C)(C(=O)OC)c1ccc2c(c1)OCO2. The number of benzene rings is 1. The number of ether oxygens (including phenoxy) is 3. The number of hydrogen-bond donors (Lipinski definition) is 1. The van der Waals surface area contributed by atoms with Crippen molar-refractivity contribution in [3.8, 4) is 11.5 Å². The minimum atomic E-state index is -0.884. The molecule has 0 saturated heterocycles. The van der Waals surface area contributed by atoms with Gasteiger partial charge < -0.3 is 14.2 Å². The van der Waals surface area contributed by atoms with Gasteiger partial charge in [0, 0.05) is 0 Å². The molecule has 0 fully saturated rings. The molecule has 0 bridgehead atoms. The molecule has 0 radical (unpaired) electrons. The zero-order valence-corrected chi connectivity index (χ0v) is 10.8. The van der Waals surface area contributed by atoms with Crippen LogP contribution in [0.25, 0.3) is 0 Å². The Morgan fingerprint density at radius 2 is 2.17 bits per heavy atom. The van der Waals surface area contributed by atoms with Crippen LogP contribution in [0.15, 0.2) is 18.2 Å². The van der Waals surface area contributed by atoms with Crippen molar-refractivity contribution < 1.29 is 19.0 Å². The number of carbonyl (C=O) groups is 1. The molecule has 0 saturated carbocycles. The monoisotopic (exact) mass is 251 g/mol. The van der Waals surface area contributed by atoms with Gasteiger partial charge in [-0.2, -0.15) is 0 Å². The predicted molar refractivity (Wildman–Crippen MR) is 65.6 cm³/mol. The van der Waals surface area contributed by atoms with Gasteiger partial charge in [0.2, 0.25) is 6.79 Å². The van der Waals surface area contributed by atoms with Crippen molar-refractivity contribution in [3.63, 3.8) is 0 Å². The van der Waals surface area contributed by atoms with Crippen molar-refractivity contribution in [2.45, 2.75) is 19.4 Å². The zero-order valence-electron chi connectivity index (χ0n) is 10.8. The summed E-state index contributed by atoms with van der Waals surface area (Å²) < 4.78 is 15.4. The molecule has 18 heavy (non-hydrogen) atoms. The van der Waals surface area contributed by atoms with Crippen LogP contribution < -0.4 is 14.8 Å². The Labute approximate surface area is 106 Å². The fourth-order valence-electron chi connectivity index (χ4n) is 2.06. The van der Waals surface area contributed by atoms with Crippen molar-refractivity contribution in [1.29, 1.82) is 0 Å². The van der Waals surface area contributed by atoms with Gasteiger partial charge in [-0.1, -0.05) is 13.0 Å². The highest BCUT2D eigenvalue weighted by Crippen LogP contribution is 2.36. The van der Waals surface area contributed by atoms with E-state index in [4.69, 9.17) is 14.2 Å². The molecule has 1 atom stereocenters. The molecule has 5 heteroatoms. The maximum atomic E-state index is 12.0. The third-order valence-corrected chi connectivity index (χ3v) is 3.07. The lowest BCUT2D eigenvalue weighted by atomic mass is 9.91. The number of methoxy groups -OCH3 is 1. The minimum Gasteiger partial charge on any atom is -0.467 e. The molecule has 0 aromatic heterocycles. The fourth-order valence-corrected chi connectivity index (χ4v) is 2.06. The van der Waals surface area contributed by atoms with Crippen molar-refractivity contribution in [1.82, 2.24) is 5.32 Å². The summed E-state index contributed by atoms with van der Waals surface area (Å²) in [5.41, 5.74) is -0.0924. The first-order valence-electron chi connectivity index (χ1n) is 5.85. The van der Waals surface area contributed by atoms with Gasteiger partial charge >= 0.3 is 5.97 Å². The molecular formula is C13H17NO4. The van der Waals surface area contributed by atoms with E-state index in [1.165, 1.54) is 7.11 Å². The number of likely N-dealkylation sites (N-methyl/N-ethyl adjacent to an activating group) is 1. The van der Waals surface area contributed by atoms with Gasteiger partial charge in [0.25, 0.3) is 0 Å². The number of esters is 1. The summed E-state index contributed by atoms with van der Waals surface area (Å²) in [6, 6.07) is 5.45. The first kappa shape index (κ1) is 12.7. The van der Waals surface area contributed by atoms with Crippen LogP contribution in [-0.4, -0.2) is 26.4 Å². The van der Waals surface area contributed by atoms with Crippen molar-refractivity contribution in [2.24, 2.45) is 0 Å². The van der Waals surface area contributed by atoms with Gasteiger partial charge in [0.05, 0.1) is 7.11 Å². The number of hydrogen-bond acceptors (Lipinski definition) is 5. The molecule has 5 nitrogen and oxygen atoms in total. The van der Waals surface area contributed by atoms with Crippen LogP contribution in [0.4, 0.5) is 0 Å². The average molecular weight is 251 g/mol. The Hall–Kier alpha value is -1.75. The highest BCUT2D eigenvalue weighted by atomic mass is 16.7. The van der Waals surface area contributed by atoms with Crippen LogP contribution in [0.5, 0.6) is 11.5 Å². The van der Waals surface area contributed by atoms with Gasteiger partial charge in [0.1, 0.15) is 5.54 Å². The molecule has 98 valence electrons. The van der Waals surface area contributed by atoms with E-state index in [2.05, 4.69) is 5.32 Å². The molecule has 0 aliphatic carbocycles. The van der Waals surface area contributed by atoms with Gasteiger partial charge in [-0.05, 0) is 31.2 Å². The Bertz CT molecular complexity index is 460. The summed E-state index contributed by atoms with van der Waals surface area (Å²) in [5, 5.41) is 3.15. The second kappa shape index (κ2) is 4.86. The first-order chi connectivity index (χ1) is 8.61. The molecule has 1 aliphatic rings. The second-order valence-electron chi connectivity index (χ2n) is 4.21. The molecule has 1 aromatic rings. The summed E-state index contributed by atoms with van der Waals surface area (Å²) in [5.74, 6) is 1.02. The highest BCUT2D eigenvalue weighted by Gasteiger charge is 2.36. The Morgan fingerprint density at radius 1 is 1.44 bits per heavy atom. The summed E-state index contributed by atoms with van der Waals surface area (Å²) in [7, 11) is 1.38. The molecule has 0 amide bonds. The molecule has 1 N–H and O–H groups in total. The molecule has 1 heterocycles. The van der Waals surface area contributed by atoms with E-state index in [1.54, 1.807) is 13.0 Å². The Balaban J connectivity index is 2.39. The number of carbonyl (C=O) groups excluding carboxylic acids is 1. The normalized spacial score (nSPS) is 16.2. The lowest BCUT2D eigenvalue weighted by molar-refractivity contribution is -0.148. The van der Waals surface area contributed by atoms with E-state index in [-0.39, 0.29) is 12.8 Å². The van der Waals surface area contributed by atoms with E-state index in [9.17, 15) is 4.79 Å². The number of nitrogens with one attached hydrogen (secondary N) is 1. The topological polar surface area (TPSA) is 56.8 Å². The third-order valence-electron chi connectivity index (χ3n) is 3.07. The summed E-state index contributed by atoms with van der Waals surface area (Å²) in [4.78, 5) is 12.0. The first-order valence-corrected chi connectivity index (χ1v) is 5.85. The van der Waals surface area contributed by atoms with Crippen molar-refractivity contribution in [3.05, 3.63) is 23.8 Å². The van der Waals surface area contributed by atoms with Crippen LogP contribution in [0.3, 0.4) is 0 Å². The van der Waals surface area contributed by atoms with Crippen LogP contribution >= 0.6 is 0 Å². The largest absolute Gasteiger partial charge is 0.467 e. The highest BCUT2D eigenvalue weighted by molar-refractivity contribution is 5.82. The maximum absolute atomic E-state index is 12.0. The summed E-state index contributed by atoms with van der Waals surface area (Å²) in [6.45, 7) is 4.60. The lowest BCUT2D eigenvalue weighted by Crippen LogP contribution is -2.47. The second-order valence-corrected chi connectivity index (χ2v) is 4.21. The van der Waals surface area contributed by atoms with Crippen LogP contribution in [0, 0.1) is 0 Å². The standard InChI is InChI=1S/C13H17NO4/c1-4-14-13(2,12(15)16-3)9-5-6-10-11(7-9)18-8-17-10/h5-7,14H,4,8H2,1-3H3. The van der Waals surface area contributed by atoms with E-state index in [1.807, 2.05) is 19.1 Å². The quantitative estimate of drug-likeness (QED) is 0.820. The van der Waals surface area contributed by atoms with Gasteiger partial charge in [-0.25, -0.2) is 4.79 Å². The van der Waals surface area contributed by atoms with Crippen molar-refractivity contribution in [2.75, 3.05) is 20.4 Å². The zero-order chi connectivity index (χ0) is 13.2. The average Bonchev–Trinajstić information content (AvgIpc) is 2.85. The van der Waals surface area contributed by atoms with E-state index in [0.717, 1.165) is 5.56 Å². The molecule has 1 unspecified atom stereocenters. The molecule has 1 aliphatic heterocycles. The van der Waals surface area contributed by atoms with Crippen LogP contribution in [0.1, 0.15) is 19.4 Å². The Morgan fingerprint density at radius 3 is 2.83 bits per heavy atom. The molecule has 0 spiro atoms.